The van der Waals surface area contributed by atoms with Crippen LogP contribution in [0.15, 0.2) is 42.5 Å². The van der Waals surface area contributed by atoms with E-state index in [4.69, 9.17) is 9.47 Å². The lowest BCUT2D eigenvalue weighted by Gasteiger charge is -2.13. The highest BCUT2D eigenvalue weighted by molar-refractivity contribution is 5.95. The lowest BCUT2D eigenvalue weighted by molar-refractivity contribution is -0.118. The number of nitrogens with zero attached hydrogens (tertiary/aromatic N) is 1. The maximum atomic E-state index is 12.4. The van der Waals surface area contributed by atoms with Gasteiger partial charge in [0.05, 0.1) is 12.6 Å². The molecule has 6 heteroatoms. The van der Waals surface area contributed by atoms with Crippen LogP contribution in [0.4, 0.5) is 5.69 Å². The number of pyridine rings is 1. The highest BCUT2D eigenvalue weighted by Gasteiger charge is 2.15. The highest BCUT2D eigenvalue weighted by atomic mass is 16.5. The number of aryl methyl sites for hydroxylation is 3. The van der Waals surface area contributed by atoms with E-state index in [1.165, 1.54) is 13.2 Å². The van der Waals surface area contributed by atoms with Gasteiger partial charge >= 0.3 is 5.97 Å². The molecule has 2 aromatic carbocycles. The fourth-order valence-electron chi connectivity index (χ4n) is 2.92. The van der Waals surface area contributed by atoms with Gasteiger partial charge in [0.2, 0.25) is 0 Å². The first-order chi connectivity index (χ1) is 13.4. The van der Waals surface area contributed by atoms with Gasteiger partial charge in [-0.3, -0.25) is 4.79 Å². The minimum Gasteiger partial charge on any atom is -0.483 e. The van der Waals surface area contributed by atoms with E-state index in [9.17, 15) is 9.59 Å². The predicted octanol–water partition coefficient (Wildman–Crippen LogP) is 3.96. The van der Waals surface area contributed by atoms with E-state index in [0.29, 0.717) is 11.3 Å². The molecule has 1 heterocycles. The molecular formula is C22H22N2O4. The van der Waals surface area contributed by atoms with Crippen LogP contribution in [0.2, 0.25) is 0 Å². The summed E-state index contributed by atoms with van der Waals surface area (Å²) in [4.78, 5) is 28.6. The van der Waals surface area contributed by atoms with Crippen LogP contribution >= 0.6 is 0 Å². The average Bonchev–Trinajstić information content (AvgIpc) is 2.67. The van der Waals surface area contributed by atoms with Crippen LogP contribution in [-0.4, -0.2) is 30.6 Å². The summed E-state index contributed by atoms with van der Waals surface area (Å²) < 4.78 is 10.5. The quantitative estimate of drug-likeness (QED) is 0.680. The summed E-state index contributed by atoms with van der Waals surface area (Å²) in [5.41, 5.74) is 4.59. The van der Waals surface area contributed by atoms with Crippen LogP contribution < -0.4 is 10.1 Å². The molecule has 0 saturated carbocycles. The smallest absolute Gasteiger partial charge is 0.356 e. The lowest BCUT2D eigenvalue weighted by Crippen LogP contribution is -2.21. The number of aromatic nitrogens is 1. The maximum Gasteiger partial charge on any atom is 0.356 e. The van der Waals surface area contributed by atoms with Gasteiger partial charge in [-0.25, -0.2) is 9.78 Å². The van der Waals surface area contributed by atoms with Crippen LogP contribution in [-0.2, 0) is 9.53 Å². The maximum absolute atomic E-state index is 12.4. The summed E-state index contributed by atoms with van der Waals surface area (Å²) in [6, 6.07) is 12.9. The second-order valence-corrected chi connectivity index (χ2v) is 6.67. The molecule has 28 heavy (non-hydrogen) atoms. The average molecular weight is 378 g/mol. The van der Waals surface area contributed by atoms with Crippen LogP contribution in [0.3, 0.4) is 0 Å². The first-order valence-corrected chi connectivity index (χ1v) is 8.87. The highest BCUT2D eigenvalue weighted by Crippen LogP contribution is 2.27. The number of ether oxygens (including phenoxy) is 2. The monoisotopic (exact) mass is 378 g/mol. The van der Waals surface area contributed by atoms with Crippen molar-refractivity contribution in [1.82, 2.24) is 4.98 Å². The number of esters is 1. The number of anilines is 1. The van der Waals surface area contributed by atoms with Gasteiger partial charge in [0.15, 0.2) is 12.3 Å². The van der Waals surface area contributed by atoms with Crippen molar-refractivity contribution in [3.8, 4) is 5.75 Å². The second kappa shape index (κ2) is 8.08. The largest absolute Gasteiger partial charge is 0.483 e. The fraction of sp³-hybridized carbons (Fsp3) is 0.227. The minimum atomic E-state index is -0.563. The zero-order valence-electron chi connectivity index (χ0n) is 16.3. The number of amides is 1. The molecule has 0 spiro atoms. The Balaban J connectivity index is 1.83. The van der Waals surface area contributed by atoms with Gasteiger partial charge in [0.25, 0.3) is 5.91 Å². The van der Waals surface area contributed by atoms with Crippen LogP contribution in [0.25, 0.3) is 10.9 Å². The Bertz CT molecular complexity index is 1060. The van der Waals surface area contributed by atoms with E-state index in [-0.39, 0.29) is 18.2 Å². The van der Waals surface area contributed by atoms with Crippen molar-refractivity contribution in [3.63, 3.8) is 0 Å². The molecule has 6 nitrogen and oxygen atoms in total. The molecule has 1 amide bonds. The summed E-state index contributed by atoms with van der Waals surface area (Å²) >= 11 is 0. The number of hydrogen-bond acceptors (Lipinski definition) is 5. The zero-order chi connectivity index (χ0) is 20.3. The first-order valence-electron chi connectivity index (χ1n) is 8.87. The normalized spacial score (nSPS) is 10.6. The molecule has 0 fully saturated rings. The van der Waals surface area contributed by atoms with Gasteiger partial charge in [0.1, 0.15) is 5.75 Å². The molecule has 0 radical (unpaired) electrons. The van der Waals surface area contributed by atoms with Crippen molar-refractivity contribution in [3.05, 3.63) is 64.8 Å². The van der Waals surface area contributed by atoms with E-state index in [0.717, 1.165) is 27.8 Å². The lowest BCUT2D eigenvalue weighted by atomic mass is 10.1. The SMILES string of the molecule is COC(=O)c1cc(OCC(=O)Nc2ccc(C)cc2C)c2cc(C)ccc2n1. The van der Waals surface area contributed by atoms with Crippen molar-refractivity contribution in [1.29, 1.82) is 0 Å². The van der Waals surface area contributed by atoms with Crippen LogP contribution in [0.5, 0.6) is 5.75 Å². The van der Waals surface area contributed by atoms with Crippen molar-refractivity contribution in [2.24, 2.45) is 0 Å². The molecule has 1 aromatic heterocycles. The third kappa shape index (κ3) is 4.28. The molecular weight excluding hydrogens is 356 g/mol. The van der Waals surface area contributed by atoms with Crippen molar-refractivity contribution in [2.45, 2.75) is 20.8 Å². The standard InChI is InChI=1S/C22H22N2O4/c1-13-5-7-17(15(3)9-13)24-21(25)12-28-20-11-19(22(26)27-4)23-18-8-6-14(2)10-16(18)20/h5-11H,12H2,1-4H3,(H,24,25). The Hall–Kier alpha value is -3.41. The van der Waals surface area contributed by atoms with Gasteiger partial charge < -0.3 is 14.8 Å². The predicted molar refractivity (Wildman–Crippen MR) is 108 cm³/mol. The Kier molecular flexibility index (Phi) is 5.59. The first kappa shape index (κ1) is 19.4. The van der Waals surface area contributed by atoms with Crippen molar-refractivity contribution < 1.29 is 19.1 Å². The minimum absolute atomic E-state index is 0.128. The van der Waals surface area contributed by atoms with E-state index in [1.807, 2.05) is 51.1 Å². The number of benzene rings is 2. The van der Waals surface area contributed by atoms with E-state index in [2.05, 4.69) is 10.3 Å². The summed E-state index contributed by atoms with van der Waals surface area (Å²) in [5, 5.41) is 3.57. The van der Waals surface area contributed by atoms with Gasteiger partial charge in [-0.1, -0.05) is 29.3 Å². The number of hydrogen-bond donors (Lipinski definition) is 1. The molecule has 0 aliphatic carbocycles. The van der Waals surface area contributed by atoms with Gasteiger partial charge in [-0.05, 0) is 44.5 Å². The third-order valence-corrected chi connectivity index (χ3v) is 4.34. The number of carbonyl (C=O) groups excluding carboxylic acids is 2. The second-order valence-electron chi connectivity index (χ2n) is 6.67. The number of nitrogens with one attached hydrogen (secondary N) is 1. The molecule has 0 aliphatic heterocycles. The van der Waals surface area contributed by atoms with Crippen molar-refractivity contribution >= 4 is 28.5 Å². The molecule has 144 valence electrons. The Morgan fingerprint density at radius 3 is 2.43 bits per heavy atom. The van der Waals surface area contributed by atoms with Crippen LogP contribution in [0, 0.1) is 20.8 Å². The zero-order valence-corrected chi connectivity index (χ0v) is 16.3. The summed E-state index contributed by atoms with van der Waals surface area (Å²) in [6.07, 6.45) is 0. The summed E-state index contributed by atoms with van der Waals surface area (Å²) in [5.74, 6) is -0.443. The van der Waals surface area contributed by atoms with E-state index >= 15 is 0 Å². The number of rotatable bonds is 5. The van der Waals surface area contributed by atoms with Crippen molar-refractivity contribution in [2.75, 3.05) is 19.0 Å². The number of methoxy groups -OCH3 is 1. The summed E-state index contributed by atoms with van der Waals surface area (Å²) in [7, 11) is 1.29. The number of carbonyl (C=O) groups is 2. The van der Waals surface area contributed by atoms with Crippen LogP contribution in [0.1, 0.15) is 27.2 Å². The topological polar surface area (TPSA) is 77.5 Å². The van der Waals surface area contributed by atoms with Gasteiger partial charge in [-0.2, -0.15) is 0 Å². The Labute approximate surface area is 163 Å². The molecule has 0 atom stereocenters. The fourth-order valence-corrected chi connectivity index (χ4v) is 2.92. The Morgan fingerprint density at radius 1 is 1.00 bits per heavy atom. The molecule has 1 N–H and O–H groups in total. The molecule has 0 unspecified atom stereocenters. The Morgan fingerprint density at radius 2 is 1.71 bits per heavy atom. The molecule has 0 aliphatic rings. The molecule has 3 aromatic rings. The van der Waals surface area contributed by atoms with E-state index < -0.39 is 5.97 Å². The molecule has 3 rings (SSSR count). The molecule has 0 bridgehead atoms. The third-order valence-electron chi connectivity index (χ3n) is 4.34. The van der Waals surface area contributed by atoms with E-state index in [1.54, 1.807) is 6.07 Å². The van der Waals surface area contributed by atoms with Gasteiger partial charge in [0, 0.05) is 17.1 Å². The summed E-state index contributed by atoms with van der Waals surface area (Å²) in [6.45, 7) is 5.69. The van der Waals surface area contributed by atoms with Gasteiger partial charge in [-0.15, -0.1) is 0 Å². The number of fused-ring (bicyclic) bond motifs is 1. The molecule has 0 saturated heterocycles.